The second kappa shape index (κ2) is 8.07. The lowest BCUT2D eigenvalue weighted by atomic mass is 9.98. The first-order valence-electron chi connectivity index (χ1n) is 8.49. The topological polar surface area (TPSA) is 62.1 Å². The molecule has 0 heterocycles. The Balaban J connectivity index is 2.02. The number of carbonyl (C=O) groups is 1. The van der Waals surface area contributed by atoms with E-state index in [9.17, 15) is 18.0 Å². The predicted octanol–water partition coefficient (Wildman–Crippen LogP) is 5.50. The zero-order valence-corrected chi connectivity index (χ0v) is 15.2. The van der Waals surface area contributed by atoms with Crippen LogP contribution in [0.4, 0.5) is 18.9 Å². The summed E-state index contributed by atoms with van der Waals surface area (Å²) in [4.78, 5) is 12.6. The number of hydrogen-bond donors (Lipinski definition) is 1. The molecule has 0 aromatic heterocycles. The van der Waals surface area contributed by atoms with Gasteiger partial charge < -0.3 is 10.1 Å². The molecule has 0 aliphatic heterocycles. The lowest BCUT2D eigenvalue weighted by molar-refractivity contribution is -0.137. The Bertz CT molecular complexity index is 1080. The van der Waals surface area contributed by atoms with E-state index in [0.717, 1.165) is 12.1 Å². The molecular formula is C22H15F3N2O2. The van der Waals surface area contributed by atoms with Crippen LogP contribution in [0.3, 0.4) is 0 Å². The lowest BCUT2D eigenvalue weighted by Crippen LogP contribution is -2.13. The third-order valence-corrected chi connectivity index (χ3v) is 4.25. The van der Waals surface area contributed by atoms with Crippen LogP contribution >= 0.6 is 0 Å². The Labute approximate surface area is 165 Å². The van der Waals surface area contributed by atoms with Crippen LogP contribution in [0.25, 0.3) is 11.1 Å². The zero-order valence-electron chi connectivity index (χ0n) is 15.2. The fraction of sp³-hybridized carbons (Fsp3) is 0.0909. The minimum atomic E-state index is -4.54. The van der Waals surface area contributed by atoms with E-state index < -0.39 is 17.6 Å². The predicted molar refractivity (Wildman–Crippen MR) is 103 cm³/mol. The zero-order chi connectivity index (χ0) is 21.0. The average molecular weight is 396 g/mol. The van der Waals surface area contributed by atoms with Crippen LogP contribution in [0.1, 0.15) is 21.5 Å². The van der Waals surface area contributed by atoms with Gasteiger partial charge in [0.1, 0.15) is 5.75 Å². The third-order valence-electron chi connectivity index (χ3n) is 4.25. The Morgan fingerprint density at radius 1 is 1.03 bits per heavy atom. The SMILES string of the molecule is COc1ccc(C(=O)Nc2ccc(C(F)(F)F)cc2-c2cccc(C#N)c2)cc1. The molecule has 146 valence electrons. The van der Waals surface area contributed by atoms with Gasteiger partial charge in [-0.3, -0.25) is 4.79 Å². The van der Waals surface area contributed by atoms with Crippen LogP contribution < -0.4 is 10.1 Å². The third kappa shape index (κ3) is 4.55. The fourth-order valence-corrected chi connectivity index (χ4v) is 2.76. The number of alkyl halides is 3. The van der Waals surface area contributed by atoms with E-state index in [1.165, 1.54) is 19.2 Å². The standard InChI is InChI=1S/C22H15F3N2O2/c1-29-18-8-5-15(6-9-18)21(28)27-20-10-7-17(22(23,24)25)12-19(20)16-4-2-3-14(11-16)13-26/h2-12H,1H3,(H,27,28). The van der Waals surface area contributed by atoms with Crippen molar-refractivity contribution in [3.63, 3.8) is 0 Å². The Morgan fingerprint density at radius 3 is 2.38 bits per heavy atom. The number of methoxy groups -OCH3 is 1. The summed E-state index contributed by atoms with van der Waals surface area (Å²) in [6, 6.07) is 17.5. The van der Waals surface area contributed by atoms with Gasteiger partial charge in [-0.15, -0.1) is 0 Å². The summed E-state index contributed by atoms with van der Waals surface area (Å²) in [6.07, 6.45) is -4.54. The van der Waals surface area contributed by atoms with Crippen LogP contribution in [-0.2, 0) is 6.18 Å². The number of carbonyl (C=O) groups excluding carboxylic acids is 1. The summed E-state index contributed by atoms with van der Waals surface area (Å²) >= 11 is 0. The molecule has 0 unspecified atom stereocenters. The van der Waals surface area contributed by atoms with Crippen molar-refractivity contribution in [2.24, 2.45) is 0 Å². The number of nitrogens with zero attached hydrogens (tertiary/aromatic N) is 1. The van der Waals surface area contributed by atoms with Crippen LogP contribution in [0, 0.1) is 11.3 Å². The maximum absolute atomic E-state index is 13.2. The molecule has 1 N–H and O–H groups in total. The van der Waals surface area contributed by atoms with Crippen molar-refractivity contribution in [2.45, 2.75) is 6.18 Å². The summed E-state index contributed by atoms with van der Waals surface area (Å²) < 4.78 is 44.7. The fourth-order valence-electron chi connectivity index (χ4n) is 2.76. The normalized spacial score (nSPS) is 10.9. The van der Waals surface area contributed by atoms with E-state index in [0.29, 0.717) is 22.4 Å². The summed E-state index contributed by atoms with van der Waals surface area (Å²) in [5.74, 6) is 0.0928. The molecule has 0 aliphatic rings. The average Bonchev–Trinajstić information content (AvgIpc) is 2.73. The van der Waals surface area contributed by atoms with Crippen LogP contribution in [0.5, 0.6) is 5.75 Å². The molecule has 0 atom stereocenters. The number of benzene rings is 3. The number of rotatable bonds is 4. The minimum Gasteiger partial charge on any atom is -0.497 e. The second-order valence-electron chi connectivity index (χ2n) is 6.13. The van der Waals surface area contributed by atoms with Gasteiger partial charge in [-0.1, -0.05) is 12.1 Å². The maximum Gasteiger partial charge on any atom is 0.416 e. The van der Waals surface area contributed by atoms with Gasteiger partial charge >= 0.3 is 6.18 Å². The largest absolute Gasteiger partial charge is 0.497 e. The van der Waals surface area contributed by atoms with Gasteiger partial charge in [0.15, 0.2) is 0 Å². The van der Waals surface area contributed by atoms with E-state index in [1.54, 1.807) is 42.5 Å². The molecule has 0 fully saturated rings. The van der Waals surface area contributed by atoms with Gasteiger partial charge in [0.05, 0.1) is 24.3 Å². The number of amides is 1. The molecule has 3 rings (SSSR count). The van der Waals surface area contributed by atoms with Gasteiger partial charge in [0.25, 0.3) is 5.91 Å². The number of halogens is 3. The highest BCUT2D eigenvalue weighted by molar-refractivity contribution is 6.06. The van der Waals surface area contributed by atoms with Crippen molar-refractivity contribution in [3.05, 3.63) is 83.4 Å². The molecule has 3 aromatic carbocycles. The summed E-state index contributed by atoms with van der Waals surface area (Å²) in [7, 11) is 1.50. The van der Waals surface area contributed by atoms with Crippen molar-refractivity contribution >= 4 is 11.6 Å². The molecule has 0 radical (unpaired) electrons. The number of hydrogen-bond acceptors (Lipinski definition) is 3. The summed E-state index contributed by atoms with van der Waals surface area (Å²) in [5.41, 5.74) is 0.528. The second-order valence-corrected chi connectivity index (χ2v) is 6.13. The molecule has 1 amide bonds. The number of nitriles is 1. The van der Waals surface area contributed by atoms with Crippen molar-refractivity contribution in [1.82, 2.24) is 0 Å². The lowest BCUT2D eigenvalue weighted by Gasteiger charge is -2.15. The maximum atomic E-state index is 13.2. The van der Waals surface area contributed by atoms with Crippen LogP contribution in [0.15, 0.2) is 66.7 Å². The molecule has 0 saturated carbocycles. The number of ether oxygens (including phenoxy) is 1. The molecule has 4 nitrogen and oxygen atoms in total. The first-order chi connectivity index (χ1) is 13.8. The summed E-state index contributed by atoms with van der Waals surface area (Å²) in [6.45, 7) is 0. The molecule has 29 heavy (non-hydrogen) atoms. The molecule has 0 aliphatic carbocycles. The molecular weight excluding hydrogens is 381 g/mol. The molecule has 7 heteroatoms. The van der Waals surface area contributed by atoms with Gasteiger partial charge in [0.2, 0.25) is 0 Å². The molecule has 0 spiro atoms. The highest BCUT2D eigenvalue weighted by atomic mass is 19.4. The number of anilines is 1. The number of nitrogens with one attached hydrogen (secondary N) is 1. The Hall–Kier alpha value is -3.79. The smallest absolute Gasteiger partial charge is 0.416 e. The minimum absolute atomic E-state index is 0.166. The first-order valence-corrected chi connectivity index (χ1v) is 8.49. The van der Waals surface area contributed by atoms with E-state index in [2.05, 4.69) is 5.32 Å². The monoisotopic (exact) mass is 396 g/mol. The van der Waals surface area contributed by atoms with Crippen molar-refractivity contribution in [3.8, 4) is 22.9 Å². The molecule has 0 bridgehead atoms. The van der Waals surface area contributed by atoms with Gasteiger partial charge in [0, 0.05) is 16.8 Å². The van der Waals surface area contributed by atoms with Gasteiger partial charge in [-0.05, 0) is 60.2 Å². The van der Waals surface area contributed by atoms with Gasteiger partial charge in [-0.25, -0.2) is 0 Å². The summed E-state index contributed by atoms with van der Waals surface area (Å²) in [5, 5.41) is 11.7. The van der Waals surface area contributed by atoms with Crippen molar-refractivity contribution < 1.29 is 22.7 Å². The van der Waals surface area contributed by atoms with E-state index in [1.807, 2.05) is 6.07 Å². The van der Waals surface area contributed by atoms with Crippen LogP contribution in [-0.4, -0.2) is 13.0 Å². The van der Waals surface area contributed by atoms with Crippen molar-refractivity contribution in [1.29, 1.82) is 5.26 Å². The molecule has 0 saturated heterocycles. The van der Waals surface area contributed by atoms with E-state index in [4.69, 9.17) is 10.00 Å². The van der Waals surface area contributed by atoms with E-state index >= 15 is 0 Å². The molecule has 3 aromatic rings. The van der Waals surface area contributed by atoms with Crippen LogP contribution in [0.2, 0.25) is 0 Å². The van der Waals surface area contributed by atoms with Gasteiger partial charge in [-0.2, -0.15) is 18.4 Å². The Kier molecular flexibility index (Phi) is 5.55. The van der Waals surface area contributed by atoms with Crippen molar-refractivity contribution in [2.75, 3.05) is 12.4 Å². The van der Waals surface area contributed by atoms with E-state index in [-0.39, 0.29) is 11.3 Å². The first kappa shape index (κ1) is 20.0. The highest BCUT2D eigenvalue weighted by Crippen LogP contribution is 2.36. The Morgan fingerprint density at radius 2 is 1.76 bits per heavy atom. The quantitative estimate of drug-likeness (QED) is 0.633. The highest BCUT2D eigenvalue weighted by Gasteiger charge is 2.31.